The molecule has 0 fully saturated rings. The molecule has 0 amide bonds. The molecule has 0 atom stereocenters. The van der Waals surface area contributed by atoms with Gasteiger partial charge < -0.3 is 15.9 Å². The molecule has 0 bridgehead atoms. The van der Waals surface area contributed by atoms with E-state index in [-0.39, 0.29) is 16.3 Å². The third-order valence-electron chi connectivity index (χ3n) is 1.76. The van der Waals surface area contributed by atoms with Crippen LogP contribution >= 0.6 is 11.6 Å². The number of hydrogen-bond acceptors (Lipinski definition) is 3. The predicted molar refractivity (Wildman–Crippen MR) is 49.2 cm³/mol. The quantitative estimate of drug-likeness (QED) is 0.476. The Morgan fingerprint density at radius 1 is 1.62 bits per heavy atom. The number of carboxylic acid groups (broad SMARTS) is 1. The highest BCUT2D eigenvalue weighted by molar-refractivity contribution is 6.33. The molecule has 1 rings (SSSR count). The molecule has 0 saturated carbocycles. The number of carbonyl (C=O) groups is 1. The molecular formula is C8H8ClNO3. The summed E-state index contributed by atoms with van der Waals surface area (Å²) < 4.78 is 0. The molecule has 1 aromatic rings. The molecule has 0 aromatic heterocycles. The number of hydrogen-bond donors (Lipinski definition) is 3. The van der Waals surface area contributed by atoms with Crippen molar-refractivity contribution in [2.75, 3.05) is 5.73 Å². The van der Waals surface area contributed by atoms with Gasteiger partial charge in [-0.2, -0.15) is 0 Å². The van der Waals surface area contributed by atoms with Crippen molar-refractivity contribution in [3.8, 4) is 5.75 Å². The summed E-state index contributed by atoms with van der Waals surface area (Å²) in [4.78, 5) is 10.6. The molecule has 13 heavy (non-hydrogen) atoms. The average Bonchev–Trinajstić information content (AvgIpc) is 2.07. The van der Waals surface area contributed by atoms with Crippen LogP contribution in [0, 0.1) is 6.92 Å². The summed E-state index contributed by atoms with van der Waals surface area (Å²) in [6.07, 6.45) is 0. The van der Waals surface area contributed by atoms with E-state index in [0.717, 1.165) is 0 Å². The normalized spacial score (nSPS) is 10.0. The number of halogens is 1. The van der Waals surface area contributed by atoms with E-state index < -0.39 is 11.7 Å². The van der Waals surface area contributed by atoms with Gasteiger partial charge in [0.15, 0.2) is 0 Å². The third-order valence-corrected chi connectivity index (χ3v) is 2.22. The second kappa shape index (κ2) is 3.14. The summed E-state index contributed by atoms with van der Waals surface area (Å²) in [5.74, 6) is -1.70. The monoisotopic (exact) mass is 201 g/mol. The van der Waals surface area contributed by atoms with Gasteiger partial charge in [0.25, 0.3) is 0 Å². The van der Waals surface area contributed by atoms with Gasteiger partial charge in [-0.05, 0) is 18.6 Å². The van der Waals surface area contributed by atoms with E-state index in [1.807, 2.05) is 0 Å². The SMILES string of the molecule is Cc1c(N)cc(C(=O)O)c(O)c1Cl. The van der Waals surface area contributed by atoms with E-state index in [9.17, 15) is 9.90 Å². The fourth-order valence-electron chi connectivity index (χ4n) is 0.918. The molecule has 4 nitrogen and oxygen atoms in total. The minimum absolute atomic E-state index is 0.0163. The van der Waals surface area contributed by atoms with Gasteiger partial charge in [-0.3, -0.25) is 0 Å². The standard InChI is InChI=1S/C8H8ClNO3/c1-3-5(10)2-4(8(12)13)7(11)6(3)9/h2,11H,10H2,1H3,(H,12,13). The first-order valence-corrected chi connectivity index (χ1v) is 3.83. The Hall–Kier alpha value is -1.42. The molecule has 0 heterocycles. The van der Waals surface area contributed by atoms with Crippen LogP contribution in [0.2, 0.25) is 5.02 Å². The van der Waals surface area contributed by atoms with Crippen LogP contribution in [0.4, 0.5) is 5.69 Å². The second-order valence-electron chi connectivity index (χ2n) is 2.61. The van der Waals surface area contributed by atoms with Crippen molar-refractivity contribution >= 4 is 23.3 Å². The fraction of sp³-hybridized carbons (Fsp3) is 0.125. The van der Waals surface area contributed by atoms with Crippen LogP contribution in [0.3, 0.4) is 0 Å². The van der Waals surface area contributed by atoms with E-state index in [0.29, 0.717) is 5.56 Å². The van der Waals surface area contributed by atoms with Crippen molar-refractivity contribution in [3.63, 3.8) is 0 Å². The van der Waals surface area contributed by atoms with Crippen molar-refractivity contribution in [3.05, 3.63) is 22.2 Å². The molecule has 4 N–H and O–H groups in total. The van der Waals surface area contributed by atoms with Crippen LogP contribution in [0.15, 0.2) is 6.07 Å². The lowest BCUT2D eigenvalue weighted by molar-refractivity contribution is 0.0694. The van der Waals surface area contributed by atoms with E-state index in [2.05, 4.69) is 0 Å². The molecule has 0 aliphatic carbocycles. The number of nitrogen functional groups attached to an aromatic ring is 1. The lowest BCUT2D eigenvalue weighted by Crippen LogP contribution is -2.01. The molecule has 0 aliphatic rings. The Kier molecular flexibility index (Phi) is 2.34. The first-order valence-electron chi connectivity index (χ1n) is 3.46. The van der Waals surface area contributed by atoms with Crippen molar-refractivity contribution in [1.82, 2.24) is 0 Å². The molecule has 0 saturated heterocycles. The minimum Gasteiger partial charge on any atom is -0.505 e. The summed E-state index contributed by atoms with van der Waals surface area (Å²) in [5.41, 5.74) is 5.91. The van der Waals surface area contributed by atoms with Crippen molar-refractivity contribution in [1.29, 1.82) is 0 Å². The van der Waals surface area contributed by atoms with Crippen LogP contribution < -0.4 is 5.73 Å². The number of benzene rings is 1. The Labute approximate surface area is 79.6 Å². The lowest BCUT2D eigenvalue weighted by atomic mass is 10.1. The van der Waals surface area contributed by atoms with Crippen molar-refractivity contribution in [2.45, 2.75) is 6.92 Å². The molecule has 70 valence electrons. The van der Waals surface area contributed by atoms with Crippen LogP contribution in [0.1, 0.15) is 15.9 Å². The zero-order valence-electron chi connectivity index (χ0n) is 6.84. The summed E-state index contributed by atoms with van der Waals surface area (Å²) in [6.45, 7) is 1.60. The number of rotatable bonds is 1. The predicted octanol–water partition coefficient (Wildman–Crippen LogP) is 1.63. The molecule has 1 aromatic carbocycles. The number of aromatic hydroxyl groups is 1. The van der Waals surface area contributed by atoms with Gasteiger partial charge in [-0.25, -0.2) is 4.79 Å². The van der Waals surface area contributed by atoms with Crippen LogP contribution in [-0.4, -0.2) is 16.2 Å². The van der Waals surface area contributed by atoms with Gasteiger partial charge in [-0.15, -0.1) is 0 Å². The highest BCUT2D eigenvalue weighted by Crippen LogP contribution is 2.34. The van der Waals surface area contributed by atoms with E-state index in [4.69, 9.17) is 22.4 Å². The van der Waals surface area contributed by atoms with Gasteiger partial charge in [0.2, 0.25) is 0 Å². The molecule has 0 radical (unpaired) electrons. The third kappa shape index (κ3) is 1.53. The van der Waals surface area contributed by atoms with Crippen LogP contribution in [-0.2, 0) is 0 Å². The van der Waals surface area contributed by atoms with E-state index >= 15 is 0 Å². The summed E-state index contributed by atoms with van der Waals surface area (Å²) >= 11 is 5.64. The van der Waals surface area contributed by atoms with Crippen molar-refractivity contribution < 1.29 is 15.0 Å². The molecular weight excluding hydrogens is 194 g/mol. The summed E-state index contributed by atoms with van der Waals surface area (Å²) in [5, 5.41) is 17.9. The Bertz CT molecular complexity index is 376. The zero-order chi connectivity index (χ0) is 10.2. The number of anilines is 1. The minimum atomic E-state index is -1.26. The highest BCUT2D eigenvalue weighted by atomic mass is 35.5. The van der Waals surface area contributed by atoms with E-state index in [1.165, 1.54) is 6.07 Å². The maximum Gasteiger partial charge on any atom is 0.339 e. The smallest absolute Gasteiger partial charge is 0.339 e. The van der Waals surface area contributed by atoms with Gasteiger partial charge in [0, 0.05) is 5.69 Å². The number of phenols is 1. The molecule has 0 aliphatic heterocycles. The van der Waals surface area contributed by atoms with Gasteiger partial charge in [-0.1, -0.05) is 11.6 Å². The maximum absolute atomic E-state index is 10.6. The van der Waals surface area contributed by atoms with Crippen LogP contribution in [0.5, 0.6) is 5.75 Å². The van der Waals surface area contributed by atoms with Crippen LogP contribution in [0.25, 0.3) is 0 Å². The first-order chi connectivity index (χ1) is 5.95. The summed E-state index contributed by atoms with van der Waals surface area (Å²) in [7, 11) is 0. The van der Waals surface area contributed by atoms with Gasteiger partial charge in [0.1, 0.15) is 11.3 Å². The fourth-order valence-corrected chi connectivity index (χ4v) is 1.13. The maximum atomic E-state index is 10.6. The Balaban J connectivity index is 3.50. The van der Waals surface area contributed by atoms with Gasteiger partial charge >= 0.3 is 5.97 Å². The summed E-state index contributed by atoms with van der Waals surface area (Å²) in [6, 6.07) is 1.18. The van der Waals surface area contributed by atoms with Crippen molar-refractivity contribution in [2.24, 2.45) is 0 Å². The topological polar surface area (TPSA) is 83.6 Å². The highest BCUT2D eigenvalue weighted by Gasteiger charge is 2.16. The number of aromatic carboxylic acids is 1. The molecule has 0 unspecified atom stereocenters. The number of carboxylic acids is 1. The Morgan fingerprint density at radius 2 is 2.15 bits per heavy atom. The van der Waals surface area contributed by atoms with E-state index in [1.54, 1.807) is 6.92 Å². The average molecular weight is 202 g/mol. The Morgan fingerprint density at radius 3 is 2.62 bits per heavy atom. The zero-order valence-corrected chi connectivity index (χ0v) is 7.59. The molecule has 0 spiro atoms. The first kappa shape index (κ1) is 9.67. The molecule has 5 heteroatoms. The largest absolute Gasteiger partial charge is 0.505 e. The van der Waals surface area contributed by atoms with Gasteiger partial charge in [0.05, 0.1) is 5.02 Å². The second-order valence-corrected chi connectivity index (χ2v) is 2.98. The number of nitrogens with two attached hydrogens (primary N) is 1. The lowest BCUT2D eigenvalue weighted by Gasteiger charge is -2.07.